The molecule has 0 spiro atoms. The molecule has 0 aliphatic heterocycles. The van der Waals surface area contributed by atoms with Crippen molar-refractivity contribution >= 4 is 15.9 Å². The van der Waals surface area contributed by atoms with E-state index in [1.54, 1.807) is 0 Å². The number of hydrogen-bond donors (Lipinski definition) is 1. The standard InChI is InChI=1S/C10H14BrNO/c1-7-5-10(11)6-9(8(7)2)3-4-13-12/h5-6H,3-4,12H2,1-2H3. The first kappa shape index (κ1) is 10.7. The van der Waals surface area contributed by atoms with Crippen LogP contribution in [0.25, 0.3) is 0 Å². The van der Waals surface area contributed by atoms with E-state index < -0.39 is 0 Å². The normalized spacial score (nSPS) is 10.5. The van der Waals surface area contributed by atoms with E-state index in [9.17, 15) is 0 Å². The van der Waals surface area contributed by atoms with E-state index in [2.05, 4.69) is 46.7 Å². The first-order valence-electron chi connectivity index (χ1n) is 4.22. The molecule has 0 heterocycles. The minimum absolute atomic E-state index is 0.566. The summed E-state index contributed by atoms with van der Waals surface area (Å²) in [4.78, 5) is 4.57. The molecular formula is C10H14BrNO. The Morgan fingerprint density at radius 3 is 2.69 bits per heavy atom. The van der Waals surface area contributed by atoms with Crippen molar-refractivity contribution in [2.75, 3.05) is 6.61 Å². The van der Waals surface area contributed by atoms with Crippen molar-refractivity contribution in [2.24, 2.45) is 5.90 Å². The number of benzene rings is 1. The highest BCUT2D eigenvalue weighted by Gasteiger charge is 2.02. The molecule has 0 aliphatic carbocycles. The number of hydrogen-bond acceptors (Lipinski definition) is 2. The summed E-state index contributed by atoms with van der Waals surface area (Å²) in [7, 11) is 0. The predicted molar refractivity (Wildman–Crippen MR) is 57.5 cm³/mol. The lowest BCUT2D eigenvalue weighted by Gasteiger charge is -2.08. The van der Waals surface area contributed by atoms with Crippen LogP contribution in [0.15, 0.2) is 16.6 Å². The van der Waals surface area contributed by atoms with E-state index in [0.717, 1.165) is 10.9 Å². The fourth-order valence-corrected chi connectivity index (χ4v) is 1.93. The topological polar surface area (TPSA) is 35.2 Å². The molecule has 1 aromatic rings. The Bertz CT molecular complexity index is 299. The molecular weight excluding hydrogens is 230 g/mol. The summed E-state index contributed by atoms with van der Waals surface area (Å²) in [6.45, 7) is 4.79. The Morgan fingerprint density at radius 2 is 2.08 bits per heavy atom. The van der Waals surface area contributed by atoms with Crippen LogP contribution in [-0.4, -0.2) is 6.61 Å². The Morgan fingerprint density at radius 1 is 1.38 bits per heavy atom. The van der Waals surface area contributed by atoms with E-state index in [-0.39, 0.29) is 0 Å². The van der Waals surface area contributed by atoms with Crippen LogP contribution in [0.1, 0.15) is 16.7 Å². The van der Waals surface area contributed by atoms with Gasteiger partial charge in [0.05, 0.1) is 6.61 Å². The Hall–Kier alpha value is -0.380. The maximum Gasteiger partial charge on any atom is 0.0719 e. The van der Waals surface area contributed by atoms with Gasteiger partial charge in [-0.2, -0.15) is 0 Å². The first-order valence-corrected chi connectivity index (χ1v) is 5.01. The van der Waals surface area contributed by atoms with E-state index in [1.165, 1.54) is 16.7 Å². The van der Waals surface area contributed by atoms with Crippen molar-refractivity contribution in [1.29, 1.82) is 0 Å². The van der Waals surface area contributed by atoms with Crippen LogP contribution in [0, 0.1) is 13.8 Å². The summed E-state index contributed by atoms with van der Waals surface area (Å²) in [5.41, 5.74) is 3.90. The zero-order chi connectivity index (χ0) is 9.84. The molecule has 0 saturated carbocycles. The van der Waals surface area contributed by atoms with Crippen LogP contribution >= 0.6 is 15.9 Å². The molecule has 1 aromatic carbocycles. The van der Waals surface area contributed by atoms with E-state index in [1.807, 2.05) is 0 Å². The fraction of sp³-hybridized carbons (Fsp3) is 0.400. The molecule has 0 aliphatic rings. The minimum atomic E-state index is 0.566. The van der Waals surface area contributed by atoms with Crippen molar-refractivity contribution in [3.63, 3.8) is 0 Å². The van der Waals surface area contributed by atoms with E-state index >= 15 is 0 Å². The zero-order valence-electron chi connectivity index (χ0n) is 7.93. The molecule has 2 nitrogen and oxygen atoms in total. The van der Waals surface area contributed by atoms with Gasteiger partial charge in [-0.25, -0.2) is 5.90 Å². The fourth-order valence-electron chi connectivity index (χ4n) is 1.31. The van der Waals surface area contributed by atoms with Crippen LogP contribution in [-0.2, 0) is 11.3 Å². The average Bonchev–Trinajstić information content (AvgIpc) is 2.09. The van der Waals surface area contributed by atoms with Gasteiger partial charge in [-0.05, 0) is 49.1 Å². The lowest BCUT2D eigenvalue weighted by Crippen LogP contribution is -2.05. The molecule has 2 N–H and O–H groups in total. The molecule has 0 amide bonds. The highest BCUT2D eigenvalue weighted by atomic mass is 79.9. The Labute approximate surface area is 87.2 Å². The van der Waals surface area contributed by atoms with Gasteiger partial charge in [0.25, 0.3) is 0 Å². The third-order valence-corrected chi connectivity index (χ3v) is 2.69. The molecule has 0 unspecified atom stereocenters. The third-order valence-electron chi connectivity index (χ3n) is 2.23. The lowest BCUT2D eigenvalue weighted by atomic mass is 10.0. The largest absolute Gasteiger partial charge is 0.304 e. The summed E-state index contributed by atoms with van der Waals surface area (Å²) in [6, 6.07) is 4.23. The molecule has 0 radical (unpaired) electrons. The van der Waals surface area contributed by atoms with Crippen LogP contribution in [0.3, 0.4) is 0 Å². The molecule has 13 heavy (non-hydrogen) atoms. The van der Waals surface area contributed by atoms with Gasteiger partial charge in [0.1, 0.15) is 0 Å². The van der Waals surface area contributed by atoms with Crippen molar-refractivity contribution in [2.45, 2.75) is 20.3 Å². The summed E-state index contributed by atoms with van der Waals surface area (Å²) in [5, 5.41) is 0. The van der Waals surface area contributed by atoms with Gasteiger partial charge < -0.3 is 4.84 Å². The molecule has 0 saturated heterocycles. The van der Waals surface area contributed by atoms with Gasteiger partial charge in [-0.15, -0.1) is 0 Å². The van der Waals surface area contributed by atoms with Gasteiger partial charge in [-0.1, -0.05) is 15.9 Å². The summed E-state index contributed by atoms with van der Waals surface area (Å²) in [5.74, 6) is 4.99. The van der Waals surface area contributed by atoms with Crippen molar-refractivity contribution in [3.05, 3.63) is 33.3 Å². The van der Waals surface area contributed by atoms with Gasteiger partial charge in [0.15, 0.2) is 0 Å². The van der Waals surface area contributed by atoms with Crippen LogP contribution in [0.5, 0.6) is 0 Å². The van der Waals surface area contributed by atoms with Crippen molar-refractivity contribution in [1.82, 2.24) is 0 Å². The van der Waals surface area contributed by atoms with Crippen LogP contribution in [0.2, 0.25) is 0 Å². The predicted octanol–water partition coefficient (Wildman–Crippen LogP) is 2.50. The average molecular weight is 244 g/mol. The van der Waals surface area contributed by atoms with Gasteiger partial charge in [0.2, 0.25) is 0 Å². The highest BCUT2D eigenvalue weighted by molar-refractivity contribution is 9.10. The maximum atomic E-state index is 4.99. The van der Waals surface area contributed by atoms with E-state index in [0.29, 0.717) is 6.61 Å². The molecule has 0 fully saturated rings. The number of rotatable bonds is 3. The second-order valence-corrected chi connectivity index (χ2v) is 4.04. The summed E-state index contributed by atoms with van der Waals surface area (Å²) < 4.78 is 1.11. The summed E-state index contributed by atoms with van der Waals surface area (Å²) in [6.07, 6.45) is 0.864. The smallest absolute Gasteiger partial charge is 0.0719 e. The van der Waals surface area contributed by atoms with Crippen molar-refractivity contribution < 1.29 is 4.84 Å². The summed E-state index contributed by atoms with van der Waals surface area (Å²) >= 11 is 3.47. The number of nitrogens with two attached hydrogens (primary N) is 1. The van der Waals surface area contributed by atoms with E-state index in [4.69, 9.17) is 5.90 Å². The quantitative estimate of drug-likeness (QED) is 0.829. The van der Waals surface area contributed by atoms with Crippen molar-refractivity contribution in [3.8, 4) is 0 Å². The lowest BCUT2D eigenvalue weighted by molar-refractivity contribution is 0.141. The maximum absolute atomic E-state index is 4.99. The monoisotopic (exact) mass is 243 g/mol. The second kappa shape index (κ2) is 4.74. The molecule has 72 valence electrons. The second-order valence-electron chi connectivity index (χ2n) is 3.13. The highest BCUT2D eigenvalue weighted by Crippen LogP contribution is 2.20. The third kappa shape index (κ3) is 2.79. The molecule has 0 bridgehead atoms. The van der Waals surface area contributed by atoms with Crippen LogP contribution < -0.4 is 5.90 Å². The SMILES string of the molecule is Cc1cc(Br)cc(CCON)c1C. The van der Waals surface area contributed by atoms with Gasteiger partial charge in [0, 0.05) is 4.47 Å². The number of aryl methyl sites for hydroxylation is 1. The minimum Gasteiger partial charge on any atom is -0.304 e. The Kier molecular flexibility index (Phi) is 3.90. The molecule has 0 atom stereocenters. The zero-order valence-corrected chi connectivity index (χ0v) is 9.52. The van der Waals surface area contributed by atoms with Crippen LogP contribution in [0.4, 0.5) is 0 Å². The first-order chi connectivity index (χ1) is 6.15. The Balaban J connectivity index is 2.92. The van der Waals surface area contributed by atoms with Gasteiger partial charge >= 0.3 is 0 Å². The van der Waals surface area contributed by atoms with Gasteiger partial charge in [-0.3, -0.25) is 0 Å². The number of halogens is 1. The molecule has 3 heteroatoms. The molecule has 1 rings (SSSR count). The molecule has 0 aromatic heterocycles.